The van der Waals surface area contributed by atoms with Crippen LogP contribution in [0, 0.1) is 6.92 Å². The van der Waals surface area contributed by atoms with Gasteiger partial charge in [0.05, 0.1) is 4.34 Å². The van der Waals surface area contributed by atoms with E-state index >= 15 is 0 Å². The van der Waals surface area contributed by atoms with Gasteiger partial charge in [-0.25, -0.2) is 13.1 Å². The molecular weight excluding hydrogens is 313 g/mol. The van der Waals surface area contributed by atoms with Crippen molar-refractivity contribution in [2.45, 2.75) is 42.4 Å². The van der Waals surface area contributed by atoms with E-state index in [2.05, 4.69) is 4.72 Å². The largest absolute Gasteiger partial charge is 0.250 e. The molecule has 1 aliphatic rings. The highest BCUT2D eigenvalue weighted by molar-refractivity contribution is 7.91. The molecule has 7 heteroatoms. The zero-order valence-electron chi connectivity index (χ0n) is 10.0. The summed E-state index contributed by atoms with van der Waals surface area (Å²) in [7, 11) is -3.52. The number of hydrogen-bond acceptors (Lipinski definition) is 3. The predicted molar refractivity (Wildman–Crippen MR) is 76.3 cm³/mol. The molecule has 0 spiro atoms. The first kappa shape index (κ1) is 14.6. The van der Waals surface area contributed by atoms with Crippen molar-refractivity contribution in [1.29, 1.82) is 0 Å². The lowest BCUT2D eigenvalue weighted by atomic mass is 10.0. The van der Waals surface area contributed by atoms with Gasteiger partial charge in [0.25, 0.3) is 10.0 Å². The molecule has 1 heterocycles. The molecule has 1 aromatic heterocycles. The maximum absolute atomic E-state index is 12.3. The van der Waals surface area contributed by atoms with E-state index in [4.69, 9.17) is 23.2 Å². The second kappa shape index (κ2) is 5.29. The fourth-order valence-corrected chi connectivity index (χ4v) is 5.79. The monoisotopic (exact) mass is 327 g/mol. The summed E-state index contributed by atoms with van der Waals surface area (Å²) in [5.74, 6) is 0.310. The summed E-state index contributed by atoms with van der Waals surface area (Å²) < 4.78 is 28.1. The van der Waals surface area contributed by atoms with Crippen molar-refractivity contribution in [3.8, 4) is 0 Å². The normalized spacial score (nSPS) is 19.3. The van der Waals surface area contributed by atoms with Crippen LogP contribution in [0.15, 0.2) is 10.3 Å². The molecule has 0 atom stereocenters. The molecule has 18 heavy (non-hydrogen) atoms. The molecule has 0 aromatic carbocycles. The Morgan fingerprint density at radius 2 is 2.06 bits per heavy atom. The zero-order chi connectivity index (χ0) is 13.4. The Morgan fingerprint density at radius 1 is 1.44 bits per heavy atom. The van der Waals surface area contributed by atoms with Gasteiger partial charge in [0.15, 0.2) is 0 Å². The topological polar surface area (TPSA) is 46.2 Å². The van der Waals surface area contributed by atoms with Gasteiger partial charge in [-0.2, -0.15) is 0 Å². The lowest BCUT2D eigenvalue weighted by molar-refractivity contribution is 0.433. The third-order valence-electron chi connectivity index (χ3n) is 3.27. The summed E-state index contributed by atoms with van der Waals surface area (Å²) in [5.41, 5.74) is 0.304. The lowest BCUT2D eigenvalue weighted by Crippen LogP contribution is -2.47. The van der Waals surface area contributed by atoms with Crippen molar-refractivity contribution in [1.82, 2.24) is 4.72 Å². The summed E-state index contributed by atoms with van der Waals surface area (Å²) in [4.78, 5) is 0. The average molecular weight is 328 g/mol. The van der Waals surface area contributed by atoms with Crippen LogP contribution in [0.3, 0.4) is 0 Å². The van der Waals surface area contributed by atoms with Gasteiger partial charge in [0.2, 0.25) is 0 Å². The maximum Gasteiger partial charge on any atom is 0.250 e. The summed E-state index contributed by atoms with van der Waals surface area (Å²) in [6.07, 6.45) is 3.63. The second-order valence-corrected chi connectivity index (χ2v) is 8.58. The lowest BCUT2D eigenvalue weighted by Gasteiger charge is -2.26. The number of thiophene rings is 1. The molecule has 3 nitrogen and oxygen atoms in total. The van der Waals surface area contributed by atoms with E-state index in [1.165, 1.54) is 0 Å². The number of nitrogens with one attached hydrogen (secondary N) is 1. The second-order valence-electron chi connectivity index (χ2n) is 4.75. The highest BCUT2D eigenvalue weighted by atomic mass is 35.5. The summed E-state index contributed by atoms with van der Waals surface area (Å²) in [6.45, 7) is 1.80. The molecule has 0 unspecified atom stereocenters. The molecule has 1 aromatic rings. The Hall–Kier alpha value is 0.190. The van der Waals surface area contributed by atoms with Gasteiger partial charge in [0.1, 0.15) is 4.21 Å². The highest BCUT2D eigenvalue weighted by Crippen LogP contribution is 2.35. The van der Waals surface area contributed by atoms with E-state index in [0.29, 0.717) is 10.2 Å². The highest BCUT2D eigenvalue weighted by Gasteiger charge is 2.37. The minimum Gasteiger partial charge on any atom is -0.206 e. The number of rotatable bonds is 4. The van der Waals surface area contributed by atoms with Crippen LogP contribution in [0.25, 0.3) is 0 Å². The molecule has 1 fully saturated rings. The number of halogens is 2. The molecule has 0 aliphatic heterocycles. The van der Waals surface area contributed by atoms with Gasteiger partial charge < -0.3 is 0 Å². The summed E-state index contributed by atoms with van der Waals surface area (Å²) in [5, 5.41) is 0. The predicted octanol–water partition coefficient (Wildman–Crippen LogP) is 3.54. The van der Waals surface area contributed by atoms with Crippen molar-refractivity contribution in [2.24, 2.45) is 0 Å². The minimum absolute atomic E-state index is 0.265. The van der Waals surface area contributed by atoms with E-state index in [1.807, 2.05) is 0 Å². The molecule has 2 rings (SSSR count). The number of aryl methyl sites for hydroxylation is 1. The van der Waals surface area contributed by atoms with Crippen LogP contribution in [-0.2, 0) is 10.0 Å². The summed E-state index contributed by atoms with van der Waals surface area (Å²) in [6, 6.07) is 1.60. The van der Waals surface area contributed by atoms with Crippen molar-refractivity contribution >= 4 is 44.6 Å². The number of hydrogen-bond donors (Lipinski definition) is 1. The van der Waals surface area contributed by atoms with E-state index in [1.54, 1.807) is 13.0 Å². The van der Waals surface area contributed by atoms with Crippen molar-refractivity contribution in [3.63, 3.8) is 0 Å². The van der Waals surface area contributed by atoms with Gasteiger partial charge in [-0.3, -0.25) is 0 Å². The molecule has 1 N–H and O–H groups in total. The van der Waals surface area contributed by atoms with Gasteiger partial charge >= 0.3 is 0 Å². The molecule has 1 aliphatic carbocycles. The third kappa shape index (κ3) is 2.85. The zero-order valence-corrected chi connectivity index (χ0v) is 13.1. The van der Waals surface area contributed by atoms with Gasteiger partial charge in [-0.1, -0.05) is 24.4 Å². The Balaban J connectivity index is 2.26. The quantitative estimate of drug-likeness (QED) is 0.860. The van der Waals surface area contributed by atoms with Crippen LogP contribution >= 0.6 is 34.5 Å². The van der Waals surface area contributed by atoms with E-state index < -0.39 is 15.6 Å². The van der Waals surface area contributed by atoms with Crippen LogP contribution in [0.4, 0.5) is 0 Å². The Kier molecular flexibility index (Phi) is 4.29. The van der Waals surface area contributed by atoms with Crippen molar-refractivity contribution < 1.29 is 8.42 Å². The first-order valence-corrected chi connectivity index (χ1v) is 8.96. The maximum atomic E-state index is 12.3. The molecule has 102 valence electrons. The van der Waals surface area contributed by atoms with Gasteiger partial charge in [0, 0.05) is 11.4 Å². The van der Waals surface area contributed by atoms with Crippen LogP contribution < -0.4 is 4.72 Å². The van der Waals surface area contributed by atoms with E-state index in [0.717, 1.165) is 42.6 Å². The molecule has 0 amide bonds. The molecule has 0 radical (unpaired) electrons. The average Bonchev–Trinajstić information content (AvgIpc) is 2.88. The number of sulfonamides is 1. The summed E-state index contributed by atoms with van der Waals surface area (Å²) >= 11 is 13.0. The number of alkyl halides is 1. The van der Waals surface area contributed by atoms with Crippen LogP contribution in [0.5, 0.6) is 0 Å². The van der Waals surface area contributed by atoms with Gasteiger partial charge in [-0.15, -0.1) is 22.9 Å². The molecular formula is C11H15Cl2NO2S2. The van der Waals surface area contributed by atoms with Crippen LogP contribution in [0.1, 0.15) is 31.2 Å². The fourth-order valence-electron chi connectivity index (χ4n) is 2.21. The molecule has 0 bridgehead atoms. The van der Waals surface area contributed by atoms with E-state index in [-0.39, 0.29) is 4.21 Å². The smallest absolute Gasteiger partial charge is 0.206 e. The van der Waals surface area contributed by atoms with Crippen molar-refractivity contribution in [2.75, 3.05) is 5.88 Å². The molecule has 1 saturated carbocycles. The van der Waals surface area contributed by atoms with Crippen molar-refractivity contribution in [3.05, 3.63) is 16.0 Å². The van der Waals surface area contributed by atoms with E-state index in [9.17, 15) is 8.42 Å². The fraction of sp³-hybridized carbons (Fsp3) is 0.636. The first-order valence-electron chi connectivity index (χ1n) is 5.74. The van der Waals surface area contributed by atoms with Crippen LogP contribution in [0.2, 0.25) is 4.34 Å². The standard InChI is InChI=1S/C11H15Cl2NO2S2/c1-8-6-9(17-10(8)13)18(15,16)14-11(7-12)4-2-3-5-11/h6,14H,2-5,7H2,1H3. The minimum atomic E-state index is -3.52. The van der Waals surface area contributed by atoms with Gasteiger partial charge in [-0.05, 0) is 31.4 Å². The Bertz CT molecular complexity index is 514. The SMILES string of the molecule is Cc1cc(S(=O)(=O)NC2(CCl)CCCC2)sc1Cl. The van der Waals surface area contributed by atoms with Crippen LogP contribution in [-0.4, -0.2) is 19.8 Å². The third-order valence-corrected chi connectivity index (χ3v) is 7.39. The first-order chi connectivity index (χ1) is 8.38. The Labute approximate surface area is 122 Å². The molecule has 0 saturated heterocycles. The Morgan fingerprint density at radius 3 is 2.50 bits per heavy atom.